The molecule has 0 spiro atoms. The second-order valence-electron chi connectivity index (χ2n) is 7.84. The van der Waals surface area contributed by atoms with Gasteiger partial charge in [0.25, 0.3) is 0 Å². The number of aromatic nitrogens is 3. The van der Waals surface area contributed by atoms with E-state index >= 15 is 0 Å². The molecule has 2 aromatic heterocycles. The summed E-state index contributed by atoms with van der Waals surface area (Å²) in [4.78, 5) is 30.1. The predicted octanol–water partition coefficient (Wildman–Crippen LogP) is 3.03. The molecule has 3 aromatic rings. The van der Waals surface area contributed by atoms with Crippen LogP contribution in [0.5, 0.6) is 0 Å². The van der Waals surface area contributed by atoms with E-state index in [0.29, 0.717) is 25.1 Å². The fourth-order valence-corrected chi connectivity index (χ4v) is 4.05. The fraction of sp³-hybridized carbons (Fsp3) is 0.364. The molecule has 3 N–H and O–H groups in total. The summed E-state index contributed by atoms with van der Waals surface area (Å²) in [6, 6.07) is 11.2. The molecular weight excluding hydrogens is 380 g/mol. The van der Waals surface area contributed by atoms with Crippen LogP contribution in [-0.4, -0.2) is 32.2 Å². The van der Waals surface area contributed by atoms with Crippen LogP contribution in [0.1, 0.15) is 36.9 Å². The van der Waals surface area contributed by atoms with E-state index in [9.17, 15) is 9.59 Å². The van der Waals surface area contributed by atoms with Crippen molar-refractivity contribution in [3.63, 3.8) is 0 Å². The zero-order valence-corrected chi connectivity index (χ0v) is 17.2. The predicted molar refractivity (Wildman–Crippen MR) is 115 cm³/mol. The van der Waals surface area contributed by atoms with Crippen LogP contribution in [-0.2, 0) is 18.4 Å². The first-order valence-corrected chi connectivity index (χ1v) is 10.2. The molecule has 2 heterocycles. The van der Waals surface area contributed by atoms with Crippen LogP contribution in [0.4, 0.5) is 10.5 Å². The van der Waals surface area contributed by atoms with Crippen LogP contribution in [0.3, 0.4) is 0 Å². The van der Waals surface area contributed by atoms with E-state index < -0.39 is 5.54 Å². The number of benzene rings is 1. The van der Waals surface area contributed by atoms with Gasteiger partial charge < -0.3 is 16.0 Å². The zero-order chi connectivity index (χ0) is 21.1. The number of urea groups is 1. The lowest BCUT2D eigenvalue weighted by Gasteiger charge is -2.29. The molecule has 4 rings (SSSR count). The van der Waals surface area contributed by atoms with Gasteiger partial charge in [0.15, 0.2) is 5.65 Å². The SMILES string of the molecule is Cc1nn(C)c2ncc(NC(=O)C3(NC(=O)NCc4ccccc4)CCCC3)cc12. The first-order chi connectivity index (χ1) is 14.5. The largest absolute Gasteiger partial charge is 0.334 e. The summed E-state index contributed by atoms with van der Waals surface area (Å²) in [5.41, 5.74) is 2.30. The number of hydrogen-bond donors (Lipinski definition) is 3. The van der Waals surface area contributed by atoms with Crippen molar-refractivity contribution in [2.24, 2.45) is 7.05 Å². The van der Waals surface area contributed by atoms with Crippen LogP contribution in [0.15, 0.2) is 42.6 Å². The molecule has 1 aliphatic rings. The Hall–Kier alpha value is -3.42. The fourth-order valence-electron chi connectivity index (χ4n) is 4.05. The number of aryl methyl sites for hydroxylation is 2. The van der Waals surface area contributed by atoms with Crippen molar-refractivity contribution >= 4 is 28.7 Å². The number of anilines is 1. The number of nitrogens with zero attached hydrogens (tertiary/aromatic N) is 3. The van der Waals surface area contributed by atoms with E-state index in [0.717, 1.165) is 35.1 Å². The Morgan fingerprint density at radius 3 is 2.63 bits per heavy atom. The second kappa shape index (κ2) is 8.14. The number of rotatable bonds is 5. The lowest BCUT2D eigenvalue weighted by Crippen LogP contribution is -2.57. The number of carbonyl (C=O) groups excluding carboxylic acids is 2. The number of nitrogens with one attached hydrogen (secondary N) is 3. The van der Waals surface area contributed by atoms with Crippen molar-refractivity contribution < 1.29 is 9.59 Å². The van der Waals surface area contributed by atoms with Gasteiger partial charge in [-0.05, 0) is 31.4 Å². The van der Waals surface area contributed by atoms with Crippen molar-refractivity contribution in [1.29, 1.82) is 0 Å². The Bertz CT molecular complexity index is 1070. The topological polar surface area (TPSA) is 101 Å². The normalized spacial score (nSPS) is 15.1. The van der Waals surface area contributed by atoms with E-state index in [1.165, 1.54) is 0 Å². The summed E-state index contributed by atoms with van der Waals surface area (Å²) < 4.78 is 1.72. The molecule has 0 atom stereocenters. The maximum atomic E-state index is 13.2. The van der Waals surface area contributed by atoms with Gasteiger partial charge in [0.05, 0.1) is 17.6 Å². The Morgan fingerprint density at radius 2 is 1.90 bits per heavy atom. The average molecular weight is 406 g/mol. The molecule has 0 bridgehead atoms. The maximum Gasteiger partial charge on any atom is 0.315 e. The first kappa shape index (κ1) is 19.9. The zero-order valence-electron chi connectivity index (χ0n) is 17.2. The van der Waals surface area contributed by atoms with Crippen molar-refractivity contribution in [3.8, 4) is 0 Å². The van der Waals surface area contributed by atoms with Gasteiger partial charge in [0.1, 0.15) is 5.54 Å². The van der Waals surface area contributed by atoms with Crippen LogP contribution >= 0.6 is 0 Å². The first-order valence-electron chi connectivity index (χ1n) is 10.2. The minimum Gasteiger partial charge on any atom is -0.334 e. The number of hydrogen-bond acceptors (Lipinski definition) is 4. The molecule has 1 fully saturated rings. The summed E-state index contributed by atoms with van der Waals surface area (Å²) in [6.07, 6.45) is 4.63. The van der Waals surface area contributed by atoms with E-state index in [1.54, 1.807) is 10.9 Å². The Morgan fingerprint density at radius 1 is 1.17 bits per heavy atom. The van der Waals surface area contributed by atoms with Crippen LogP contribution in [0.2, 0.25) is 0 Å². The minimum atomic E-state index is -0.917. The number of fused-ring (bicyclic) bond motifs is 1. The van der Waals surface area contributed by atoms with Gasteiger partial charge in [-0.3, -0.25) is 9.48 Å². The van der Waals surface area contributed by atoms with E-state index in [-0.39, 0.29) is 11.9 Å². The molecule has 8 nitrogen and oxygen atoms in total. The standard InChI is InChI=1S/C22H26N6O2/c1-15-18-12-17(14-23-19(18)28(2)27-15)25-20(29)22(10-6-7-11-22)26-21(30)24-13-16-8-4-3-5-9-16/h3-5,8-9,12,14H,6-7,10-11,13H2,1-2H3,(H,25,29)(H2,24,26,30). The molecule has 0 unspecified atom stereocenters. The van der Waals surface area contributed by atoms with Gasteiger partial charge in [-0.1, -0.05) is 43.2 Å². The molecule has 0 radical (unpaired) electrons. The highest BCUT2D eigenvalue weighted by Crippen LogP contribution is 2.31. The quantitative estimate of drug-likeness (QED) is 0.606. The van der Waals surface area contributed by atoms with Gasteiger partial charge in [-0.2, -0.15) is 5.10 Å². The van der Waals surface area contributed by atoms with E-state index in [2.05, 4.69) is 26.0 Å². The summed E-state index contributed by atoms with van der Waals surface area (Å²) in [5, 5.41) is 14.0. The van der Waals surface area contributed by atoms with Crippen molar-refractivity contribution in [2.75, 3.05) is 5.32 Å². The summed E-state index contributed by atoms with van der Waals surface area (Å²) in [7, 11) is 1.84. The molecule has 0 aliphatic heterocycles. The lowest BCUT2D eigenvalue weighted by atomic mass is 9.96. The molecule has 156 valence electrons. The van der Waals surface area contributed by atoms with Crippen molar-refractivity contribution in [1.82, 2.24) is 25.4 Å². The highest BCUT2D eigenvalue weighted by Gasteiger charge is 2.42. The average Bonchev–Trinajstić information content (AvgIpc) is 3.32. The molecule has 1 saturated carbocycles. The highest BCUT2D eigenvalue weighted by molar-refractivity contribution is 6.01. The Balaban J connectivity index is 1.45. The van der Waals surface area contributed by atoms with Crippen molar-refractivity contribution in [3.05, 3.63) is 53.9 Å². The van der Waals surface area contributed by atoms with Gasteiger partial charge in [0, 0.05) is 19.0 Å². The summed E-state index contributed by atoms with van der Waals surface area (Å²) >= 11 is 0. The van der Waals surface area contributed by atoms with Crippen LogP contribution in [0.25, 0.3) is 11.0 Å². The Kier molecular flexibility index (Phi) is 5.39. The Labute approximate surface area is 175 Å². The molecule has 1 aromatic carbocycles. The second-order valence-corrected chi connectivity index (χ2v) is 7.84. The van der Waals surface area contributed by atoms with E-state index in [4.69, 9.17) is 0 Å². The smallest absolute Gasteiger partial charge is 0.315 e. The van der Waals surface area contributed by atoms with Gasteiger partial charge in [0.2, 0.25) is 5.91 Å². The van der Waals surface area contributed by atoms with Gasteiger partial charge >= 0.3 is 6.03 Å². The summed E-state index contributed by atoms with van der Waals surface area (Å²) in [5.74, 6) is -0.211. The molecule has 0 saturated heterocycles. The van der Waals surface area contributed by atoms with Crippen LogP contribution < -0.4 is 16.0 Å². The molecule has 8 heteroatoms. The number of amides is 3. The highest BCUT2D eigenvalue weighted by atomic mass is 16.2. The molecule has 3 amide bonds. The number of pyridine rings is 1. The minimum absolute atomic E-state index is 0.211. The van der Waals surface area contributed by atoms with E-state index in [1.807, 2.05) is 50.4 Å². The third-order valence-electron chi connectivity index (χ3n) is 5.66. The van der Waals surface area contributed by atoms with Crippen molar-refractivity contribution in [2.45, 2.75) is 44.7 Å². The number of carbonyl (C=O) groups is 2. The maximum absolute atomic E-state index is 13.2. The van der Waals surface area contributed by atoms with Crippen LogP contribution in [0, 0.1) is 6.92 Å². The monoisotopic (exact) mass is 406 g/mol. The molecule has 30 heavy (non-hydrogen) atoms. The molecule has 1 aliphatic carbocycles. The third-order valence-corrected chi connectivity index (χ3v) is 5.66. The lowest BCUT2D eigenvalue weighted by molar-refractivity contribution is -0.121. The summed E-state index contributed by atoms with van der Waals surface area (Å²) in [6.45, 7) is 2.32. The molecular formula is C22H26N6O2. The van der Waals surface area contributed by atoms with Gasteiger partial charge in [-0.15, -0.1) is 0 Å². The van der Waals surface area contributed by atoms with Gasteiger partial charge in [-0.25, -0.2) is 9.78 Å². The third kappa shape index (κ3) is 3.98.